The molecule has 0 saturated heterocycles. The molecule has 1 fully saturated rings. The van der Waals surface area contributed by atoms with E-state index in [2.05, 4.69) is 48.1 Å². The van der Waals surface area contributed by atoms with Gasteiger partial charge in [0, 0.05) is 25.4 Å². The molecule has 1 aliphatic carbocycles. The number of carbonyl (C=O) groups is 1. The Bertz CT molecular complexity index is 772. The standard InChI is InChI=1S/C23H36N4O/c1-4-7-9-14-22(28)24-20-15-18-19(16-21(20)27(5-2)6-3)26-23(25-18)17-12-10-8-11-13-17/h15-17H,4-14H2,1-3H3,(H,24,28)(H,25,26). The summed E-state index contributed by atoms with van der Waals surface area (Å²) < 4.78 is 0. The number of unbranched alkanes of at least 4 members (excludes halogenated alkanes) is 2. The first-order chi connectivity index (χ1) is 13.7. The van der Waals surface area contributed by atoms with E-state index in [1.165, 1.54) is 32.1 Å². The molecule has 2 N–H and O–H groups in total. The molecule has 5 heteroatoms. The highest BCUT2D eigenvalue weighted by atomic mass is 16.1. The highest BCUT2D eigenvalue weighted by Gasteiger charge is 2.20. The van der Waals surface area contributed by atoms with E-state index in [9.17, 15) is 4.79 Å². The number of benzene rings is 1. The molecule has 5 nitrogen and oxygen atoms in total. The summed E-state index contributed by atoms with van der Waals surface area (Å²) in [5, 5.41) is 3.17. The number of hydrogen-bond acceptors (Lipinski definition) is 3. The Morgan fingerprint density at radius 3 is 2.57 bits per heavy atom. The monoisotopic (exact) mass is 384 g/mol. The minimum atomic E-state index is 0.101. The number of aromatic nitrogens is 2. The van der Waals surface area contributed by atoms with Crippen molar-refractivity contribution < 1.29 is 4.79 Å². The zero-order chi connectivity index (χ0) is 19.9. The van der Waals surface area contributed by atoms with E-state index in [-0.39, 0.29) is 5.91 Å². The number of anilines is 2. The van der Waals surface area contributed by atoms with Crippen molar-refractivity contribution in [3.63, 3.8) is 0 Å². The highest BCUT2D eigenvalue weighted by molar-refractivity contribution is 5.98. The zero-order valence-electron chi connectivity index (χ0n) is 17.8. The van der Waals surface area contributed by atoms with Gasteiger partial charge in [0.25, 0.3) is 0 Å². The lowest BCUT2D eigenvalue weighted by Crippen LogP contribution is -2.24. The van der Waals surface area contributed by atoms with Gasteiger partial charge in [-0.3, -0.25) is 4.79 Å². The van der Waals surface area contributed by atoms with Crippen LogP contribution in [0.25, 0.3) is 11.0 Å². The van der Waals surface area contributed by atoms with E-state index < -0.39 is 0 Å². The Balaban J connectivity index is 1.89. The molecule has 1 amide bonds. The van der Waals surface area contributed by atoms with Crippen LogP contribution in [0.3, 0.4) is 0 Å². The maximum atomic E-state index is 12.5. The molecular weight excluding hydrogens is 348 g/mol. The molecule has 0 radical (unpaired) electrons. The van der Waals surface area contributed by atoms with Crippen molar-refractivity contribution in [1.82, 2.24) is 9.97 Å². The van der Waals surface area contributed by atoms with Gasteiger partial charge in [-0.1, -0.05) is 39.0 Å². The summed E-state index contributed by atoms with van der Waals surface area (Å²) in [7, 11) is 0. The predicted molar refractivity (Wildman–Crippen MR) is 118 cm³/mol. The number of fused-ring (bicyclic) bond motifs is 1. The largest absolute Gasteiger partial charge is 0.370 e. The second-order valence-electron chi connectivity index (χ2n) is 8.02. The van der Waals surface area contributed by atoms with E-state index in [4.69, 9.17) is 4.98 Å². The van der Waals surface area contributed by atoms with E-state index in [1.54, 1.807) is 0 Å². The number of amides is 1. The van der Waals surface area contributed by atoms with E-state index in [0.717, 1.165) is 60.6 Å². The molecule has 1 heterocycles. The third-order valence-corrected chi connectivity index (χ3v) is 6.00. The lowest BCUT2D eigenvalue weighted by atomic mass is 9.89. The number of nitrogens with zero attached hydrogens (tertiary/aromatic N) is 2. The maximum Gasteiger partial charge on any atom is 0.224 e. The normalized spacial score (nSPS) is 15.1. The molecule has 0 atom stereocenters. The first kappa shape index (κ1) is 20.7. The van der Waals surface area contributed by atoms with E-state index in [0.29, 0.717) is 12.3 Å². The van der Waals surface area contributed by atoms with Gasteiger partial charge in [-0.25, -0.2) is 4.98 Å². The smallest absolute Gasteiger partial charge is 0.224 e. The van der Waals surface area contributed by atoms with Gasteiger partial charge in [0.2, 0.25) is 5.91 Å². The molecule has 0 unspecified atom stereocenters. The molecule has 0 aliphatic heterocycles. The number of carbonyl (C=O) groups excluding carboxylic acids is 1. The molecule has 154 valence electrons. The van der Waals surface area contributed by atoms with Crippen molar-refractivity contribution in [2.45, 2.75) is 84.5 Å². The summed E-state index contributed by atoms with van der Waals surface area (Å²) in [6.45, 7) is 8.28. The first-order valence-corrected chi connectivity index (χ1v) is 11.2. The molecule has 0 bridgehead atoms. The van der Waals surface area contributed by atoms with Crippen LogP contribution in [0.5, 0.6) is 0 Å². The number of aromatic amines is 1. The van der Waals surface area contributed by atoms with Crippen LogP contribution in [0.4, 0.5) is 11.4 Å². The van der Waals surface area contributed by atoms with Crippen LogP contribution in [-0.4, -0.2) is 29.0 Å². The van der Waals surface area contributed by atoms with E-state index >= 15 is 0 Å². The lowest BCUT2D eigenvalue weighted by Gasteiger charge is -2.24. The Labute approximate surface area is 169 Å². The van der Waals surface area contributed by atoms with Crippen molar-refractivity contribution in [2.75, 3.05) is 23.3 Å². The number of H-pyrrole nitrogens is 1. The third kappa shape index (κ3) is 4.86. The summed E-state index contributed by atoms with van der Waals surface area (Å²) in [4.78, 5) is 23.3. The Morgan fingerprint density at radius 2 is 1.89 bits per heavy atom. The second kappa shape index (κ2) is 9.94. The zero-order valence-corrected chi connectivity index (χ0v) is 17.8. The molecule has 2 aromatic rings. The summed E-state index contributed by atoms with van der Waals surface area (Å²) in [5.74, 6) is 1.76. The van der Waals surface area contributed by atoms with Crippen molar-refractivity contribution in [3.05, 3.63) is 18.0 Å². The molecule has 1 aromatic heterocycles. The summed E-state index contributed by atoms with van der Waals surface area (Å²) >= 11 is 0. The maximum absolute atomic E-state index is 12.5. The SMILES string of the molecule is CCCCCC(=O)Nc1cc2nc(C3CCCCC3)[nH]c2cc1N(CC)CC. The average Bonchev–Trinajstić information content (AvgIpc) is 3.13. The fourth-order valence-corrected chi connectivity index (χ4v) is 4.31. The van der Waals surface area contributed by atoms with Gasteiger partial charge in [0.1, 0.15) is 5.82 Å². The topological polar surface area (TPSA) is 61.0 Å². The average molecular weight is 385 g/mol. The van der Waals surface area contributed by atoms with Crippen molar-refractivity contribution in [1.29, 1.82) is 0 Å². The Morgan fingerprint density at radius 1 is 1.14 bits per heavy atom. The van der Waals surface area contributed by atoms with Crippen LogP contribution in [0.15, 0.2) is 12.1 Å². The minimum Gasteiger partial charge on any atom is -0.370 e. The predicted octanol–water partition coefficient (Wildman–Crippen LogP) is 5.98. The fourth-order valence-electron chi connectivity index (χ4n) is 4.31. The number of nitrogens with one attached hydrogen (secondary N) is 2. The molecule has 1 saturated carbocycles. The molecule has 1 aliphatic rings. The van der Waals surface area contributed by atoms with Crippen molar-refractivity contribution in [2.24, 2.45) is 0 Å². The van der Waals surface area contributed by atoms with Crippen LogP contribution >= 0.6 is 0 Å². The fraction of sp³-hybridized carbons (Fsp3) is 0.652. The van der Waals surface area contributed by atoms with Crippen molar-refractivity contribution >= 4 is 28.3 Å². The summed E-state index contributed by atoms with van der Waals surface area (Å²) in [6.07, 6.45) is 10.1. The van der Waals surface area contributed by atoms with Gasteiger partial charge in [-0.15, -0.1) is 0 Å². The molecular formula is C23H36N4O. The Hall–Kier alpha value is -2.04. The first-order valence-electron chi connectivity index (χ1n) is 11.2. The second-order valence-corrected chi connectivity index (χ2v) is 8.02. The summed E-state index contributed by atoms with van der Waals surface area (Å²) in [6, 6.07) is 4.23. The minimum absolute atomic E-state index is 0.101. The quantitative estimate of drug-likeness (QED) is 0.523. The number of hydrogen-bond donors (Lipinski definition) is 2. The third-order valence-electron chi connectivity index (χ3n) is 6.00. The van der Waals surface area contributed by atoms with Crippen LogP contribution in [-0.2, 0) is 4.79 Å². The highest BCUT2D eigenvalue weighted by Crippen LogP contribution is 2.35. The molecule has 0 spiro atoms. The van der Waals surface area contributed by atoms with Crippen LogP contribution in [0.1, 0.15) is 90.3 Å². The Kier molecular flexibility index (Phi) is 7.35. The van der Waals surface area contributed by atoms with Gasteiger partial charge in [0.15, 0.2) is 0 Å². The van der Waals surface area contributed by atoms with Crippen LogP contribution in [0, 0.1) is 0 Å². The van der Waals surface area contributed by atoms with Crippen LogP contribution in [0.2, 0.25) is 0 Å². The summed E-state index contributed by atoms with van der Waals surface area (Å²) in [5.41, 5.74) is 4.01. The van der Waals surface area contributed by atoms with Crippen LogP contribution < -0.4 is 10.2 Å². The molecule has 1 aromatic carbocycles. The van der Waals surface area contributed by atoms with Gasteiger partial charge in [0.05, 0.1) is 22.4 Å². The van der Waals surface area contributed by atoms with E-state index in [1.807, 2.05) is 0 Å². The van der Waals surface area contributed by atoms with Gasteiger partial charge in [-0.2, -0.15) is 0 Å². The number of imidazole rings is 1. The molecule has 28 heavy (non-hydrogen) atoms. The van der Waals surface area contributed by atoms with Gasteiger partial charge >= 0.3 is 0 Å². The van der Waals surface area contributed by atoms with Crippen molar-refractivity contribution in [3.8, 4) is 0 Å². The van der Waals surface area contributed by atoms with Gasteiger partial charge in [-0.05, 0) is 45.2 Å². The van der Waals surface area contributed by atoms with Gasteiger partial charge < -0.3 is 15.2 Å². The molecule has 3 rings (SSSR count). The number of rotatable bonds is 9. The lowest BCUT2D eigenvalue weighted by molar-refractivity contribution is -0.116.